The minimum Gasteiger partial charge on any atom is -0.462 e. The van der Waals surface area contributed by atoms with Crippen LogP contribution in [-0.2, 0) is 22.5 Å². The summed E-state index contributed by atoms with van der Waals surface area (Å²) in [5, 5.41) is 3.07. The van der Waals surface area contributed by atoms with Crippen molar-refractivity contribution in [1.29, 1.82) is 0 Å². The summed E-state index contributed by atoms with van der Waals surface area (Å²) in [5.74, 6) is -0.737. The molecule has 0 saturated carbocycles. The number of ether oxygens (including phenoxy) is 1. The lowest BCUT2D eigenvalue weighted by atomic mass is 9.78. The Morgan fingerprint density at radius 3 is 2.65 bits per heavy atom. The molecular formula is C28H29N3O3. The predicted molar refractivity (Wildman–Crippen MR) is 133 cm³/mol. The first-order chi connectivity index (χ1) is 16.4. The second kappa shape index (κ2) is 8.61. The minimum absolute atomic E-state index is 0.00313. The van der Waals surface area contributed by atoms with E-state index in [2.05, 4.69) is 34.6 Å². The zero-order valence-corrected chi connectivity index (χ0v) is 19.7. The van der Waals surface area contributed by atoms with E-state index >= 15 is 0 Å². The molecule has 0 bridgehead atoms. The van der Waals surface area contributed by atoms with Gasteiger partial charge in [-0.1, -0.05) is 48.0 Å². The van der Waals surface area contributed by atoms with Crippen LogP contribution in [0.3, 0.4) is 0 Å². The molecule has 34 heavy (non-hydrogen) atoms. The molecule has 0 spiro atoms. The van der Waals surface area contributed by atoms with E-state index in [1.54, 1.807) is 0 Å². The van der Waals surface area contributed by atoms with E-state index in [0.29, 0.717) is 25.1 Å². The summed E-state index contributed by atoms with van der Waals surface area (Å²) in [6.45, 7) is 6.42. The van der Waals surface area contributed by atoms with Crippen LogP contribution in [0.25, 0.3) is 6.08 Å². The molecule has 4 N–H and O–H groups in total. The molecular weight excluding hydrogens is 426 g/mol. The van der Waals surface area contributed by atoms with E-state index < -0.39 is 0 Å². The van der Waals surface area contributed by atoms with Crippen molar-refractivity contribution in [3.8, 4) is 0 Å². The number of anilines is 1. The molecule has 0 radical (unpaired) electrons. The molecule has 1 aliphatic heterocycles. The molecule has 5 rings (SSSR count). The Morgan fingerprint density at radius 2 is 1.88 bits per heavy atom. The van der Waals surface area contributed by atoms with Gasteiger partial charge in [0.1, 0.15) is 0 Å². The lowest BCUT2D eigenvalue weighted by Gasteiger charge is -2.23. The van der Waals surface area contributed by atoms with Crippen molar-refractivity contribution in [3.05, 3.63) is 92.8 Å². The summed E-state index contributed by atoms with van der Waals surface area (Å²) in [5.41, 5.74) is 15.4. The third-order valence-electron chi connectivity index (χ3n) is 7.03. The van der Waals surface area contributed by atoms with Gasteiger partial charge in [-0.05, 0) is 54.7 Å². The molecule has 1 aromatic heterocycles. The Labute approximate surface area is 199 Å². The number of nitrogens with one attached hydrogen (secondary N) is 2. The van der Waals surface area contributed by atoms with E-state index in [-0.39, 0.29) is 23.7 Å². The van der Waals surface area contributed by atoms with Crippen molar-refractivity contribution < 1.29 is 14.3 Å². The highest BCUT2D eigenvalue weighted by Gasteiger charge is 2.42. The van der Waals surface area contributed by atoms with Crippen molar-refractivity contribution >= 4 is 23.6 Å². The van der Waals surface area contributed by atoms with E-state index in [9.17, 15) is 9.59 Å². The highest BCUT2D eigenvalue weighted by atomic mass is 16.5. The molecule has 2 aliphatic rings. The van der Waals surface area contributed by atoms with E-state index in [1.165, 1.54) is 0 Å². The number of aromatic amines is 1. The number of carbonyl (C=O) groups excluding carboxylic acids is 2. The number of allylic oxidation sites excluding steroid dienone is 1. The van der Waals surface area contributed by atoms with Gasteiger partial charge in [-0.25, -0.2) is 4.79 Å². The highest BCUT2D eigenvalue weighted by molar-refractivity contribution is 6.04. The quantitative estimate of drug-likeness (QED) is 0.468. The van der Waals surface area contributed by atoms with Crippen molar-refractivity contribution in [3.63, 3.8) is 0 Å². The molecule has 2 heterocycles. The number of fused-ring (bicyclic) bond motifs is 2. The molecule has 2 unspecified atom stereocenters. The Morgan fingerprint density at radius 1 is 1.09 bits per heavy atom. The Balaban J connectivity index is 1.56. The zero-order valence-electron chi connectivity index (χ0n) is 19.7. The topological polar surface area (TPSA) is 97.2 Å². The molecule has 2 aromatic carbocycles. The molecule has 0 saturated heterocycles. The van der Waals surface area contributed by atoms with Crippen LogP contribution < -0.4 is 11.1 Å². The number of amides is 1. The second-order valence-corrected chi connectivity index (χ2v) is 9.04. The van der Waals surface area contributed by atoms with Crippen LogP contribution in [0.4, 0.5) is 5.69 Å². The SMILES string of the molecule is CCOC(=O)c1c(C)[nH]c(CC2=Cc3ccccc3C2C2C(=O)Nc3ccc(CN)cc32)c1C. The van der Waals surface area contributed by atoms with Crippen LogP contribution in [0.15, 0.2) is 48.0 Å². The van der Waals surface area contributed by atoms with Gasteiger partial charge in [0.2, 0.25) is 5.91 Å². The Bertz CT molecular complexity index is 1330. The van der Waals surface area contributed by atoms with Gasteiger partial charge in [0, 0.05) is 36.0 Å². The van der Waals surface area contributed by atoms with Gasteiger partial charge in [0.15, 0.2) is 0 Å². The fraction of sp³-hybridized carbons (Fsp3) is 0.286. The van der Waals surface area contributed by atoms with Crippen molar-refractivity contribution in [2.24, 2.45) is 5.73 Å². The van der Waals surface area contributed by atoms with Crippen molar-refractivity contribution in [1.82, 2.24) is 4.98 Å². The molecule has 1 aliphatic carbocycles. The van der Waals surface area contributed by atoms with E-state index in [1.807, 2.05) is 45.0 Å². The summed E-state index contributed by atoms with van der Waals surface area (Å²) in [4.78, 5) is 29.2. The first-order valence-electron chi connectivity index (χ1n) is 11.7. The first-order valence-corrected chi connectivity index (χ1v) is 11.7. The molecule has 174 valence electrons. The van der Waals surface area contributed by atoms with Crippen LogP contribution >= 0.6 is 0 Å². The summed E-state index contributed by atoms with van der Waals surface area (Å²) in [6, 6.07) is 14.2. The van der Waals surface area contributed by atoms with Gasteiger partial charge in [-0.3, -0.25) is 4.79 Å². The zero-order chi connectivity index (χ0) is 24.0. The van der Waals surface area contributed by atoms with Crippen LogP contribution in [0.2, 0.25) is 0 Å². The van der Waals surface area contributed by atoms with Crippen LogP contribution in [-0.4, -0.2) is 23.5 Å². The van der Waals surface area contributed by atoms with E-state index in [4.69, 9.17) is 10.5 Å². The maximum Gasteiger partial charge on any atom is 0.340 e. The summed E-state index contributed by atoms with van der Waals surface area (Å²) in [7, 11) is 0. The Kier molecular flexibility index (Phi) is 5.62. The average Bonchev–Trinajstić information content (AvgIpc) is 3.43. The van der Waals surface area contributed by atoms with Crippen molar-refractivity contribution in [2.75, 3.05) is 11.9 Å². The normalized spacial score (nSPS) is 18.4. The first kappa shape index (κ1) is 22.2. The lowest BCUT2D eigenvalue weighted by molar-refractivity contribution is -0.117. The van der Waals surface area contributed by atoms with Gasteiger partial charge >= 0.3 is 5.97 Å². The summed E-state index contributed by atoms with van der Waals surface area (Å²) < 4.78 is 5.26. The molecule has 1 amide bonds. The number of hydrogen-bond donors (Lipinski definition) is 3. The molecule has 2 atom stereocenters. The fourth-order valence-corrected chi connectivity index (χ4v) is 5.47. The number of hydrogen-bond acceptors (Lipinski definition) is 4. The van der Waals surface area contributed by atoms with Crippen LogP contribution in [0.1, 0.15) is 68.3 Å². The second-order valence-electron chi connectivity index (χ2n) is 9.04. The number of carbonyl (C=O) groups is 2. The maximum absolute atomic E-state index is 13.3. The van der Waals surface area contributed by atoms with Gasteiger partial charge in [0.25, 0.3) is 0 Å². The van der Waals surface area contributed by atoms with Gasteiger partial charge in [0.05, 0.1) is 18.1 Å². The third kappa shape index (κ3) is 3.55. The predicted octanol–water partition coefficient (Wildman–Crippen LogP) is 4.73. The fourth-order valence-electron chi connectivity index (χ4n) is 5.47. The Hall–Kier alpha value is -3.64. The number of aryl methyl sites for hydroxylation is 1. The molecule has 3 aromatic rings. The molecule has 0 fully saturated rings. The van der Waals surface area contributed by atoms with Gasteiger partial charge in [-0.2, -0.15) is 0 Å². The summed E-state index contributed by atoms with van der Waals surface area (Å²) in [6.07, 6.45) is 2.80. The van der Waals surface area contributed by atoms with E-state index in [0.717, 1.165) is 50.5 Å². The van der Waals surface area contributed by atoms with Gasteiger partial charge < -0.3 is 20.8 Å². The number of H-pyrrole nitrogens is 1. The van der Waals surface area contributed by atoms with Crippen LogP contribution in [0.5, 0.6) is 0 Å². The monoisotopic (exact) mass is 455 g/mol. The number of nitrogens with two attached hydrogens (primary N) is 1. The third-order valence-corrected chi connectivity index (χ3v) is 7.03. The molecule has 6 heteroatoms. The number of rotatable bonds is 6. The number of esters is 1. The lowest BCUT2D eigenvalue weighted by Crippen LogP contribution is -2.21. The maximum atomic E-state index is 13.3. The average molecular weight is 456 g/mol. The van der Waals surface area contributed by atoms with Crippen molar-refractivity contribution in [2.45, 2.75) is 45.6 Å². The van der Waals surface area contributed by atoms with Gasteiger partial charge in [-0.15, -0.1) is 0 Å². The standard InChI is InChI=1S/C28H29N3O3/c1-4-34-28(33)24-15(2)23(30-16(24)3)13-19-12-18-7-5-6-8-20(18)25(19)26-21-11-17(14-29)9-10-22(21)31-27(26)32/h5-12,25-26,30H,4,13-14,29H2,1-3H3,(H,31,32). The van der Waals surface area contributed by atoms with Crippen LogP contribution in [0, 0.1) is 13.8 Å². The largest absolute Gasteiger partial charge is 0.462 e. The highest BCUT2D eigenvalue weighted by Crippen LogP contribution is 2.50. The molecule has 6 nitrogen and oxygen atoms in total. The number of aromatic nitrogens is 1. The summed E-state index contributed by atoms with van der Waals surface area (Å²) >= 11 is 0. The minimum atomic E-state index is -0.336. The smallest absolute Gasteiger partial charge is 0.340 e. The number of benzene rings is 2.